The van der Waals surface area contributed by atoms with Gasteiger partial charge in [0, 0.05) is 30.6 Å². The van der Waals surface area contributed by atoms with E-state index < -0.39 is 23.6 Å². The van der Waals surface area contributed by atoms with Crippen LogP contribution >= 0.6 is 0 Å². The summed E-state index contributed by atoms with van der Waals surface area (Å²) >= 11 is 0. The lowest BCUT2D eigenvalue weighted by molar-refractivity contribution is -0.118. The number of hydrogen-bond donors (Lipinski definition) is 3. The van der Waals surface area contributed by atoms with Crippen LogP contribution in [0.4, 0.5) is 10.7 Å². The fraction of sp³-hybridized carbons (Fsp3) is 0.389. The molecule has 0 spiro atoms. The van der Waals surface area contributed by atoms with Crippen LogP contribution < -0.4 is 10.6 Å². The van der Waals surface area contributed by atoms with Crippen molar-refractivity contribution in [2.45, 2.75) is 38.8 Å². The Labute approximate surface area is 161 Å². The van der Waals surface area contributed by atoms with Gasteiger partial charge in [-0.3, -0.25) is 10.1 Å². The molecule has 2 aromatic heterocycles. The first-order valence-corrected chi connectivity index (χ1v) is 8.80. The molecule has 2 heterocycles. The third-order valence-electron chi connectivity index (χ3n) is 3.99. The van der Waals surface area contributed by atoms with Crippen molar-refractivity contribution in [2.75, 3.05) is 5.32 Å². The number of fused-ring (bicyclic) bond motifs is 1. The number of hydrogen-bond acceptors (Lipinski definition) is 6. The highest BCUT2D eigenvalue weighted by atomic mass is 16.6. The summed E-state index contributed by atoms with van der Waals surface area (Å²) in [5, 5.41) is 19.3. The highest BCUT2D eigenvalue weighted by Crippen LogP contribution is 2.22. The molecule has 1 atom stereocenters. The smallest absolute Gasteiger partial charge is 0.408 e. The lowest BCUT2D eigenvalue weighted by Crippen LogP contribution is -2.47. The number of nitrogens with one attached hydrogen (secondary N) is 3. The average molecular weight is 385 g/mol. The van der Waals surface area contributed by atoms with Gasteiger partial charge >= 0.3 is 6.09 Å². The van der Waals surface area contributed by atoms with Crippen molar-refractivity contribution < 1.29 is 14.3 Å². The summed E-state index contributed by atoms with van der Waals surface area (Å²) in [6, 6.07) is 6.97. The number of amides is 2. The highest BCUT2D eigenvalue weighted by Gasteiger charge is 2.26. The van der Waals surface area contributed by atoms with Gasteiger partial charge in [0.1, 0.15) is 11.6 Å². The van der Waals surface area contributed by atoms with Crippen molar-refractivity contribution in [3.63, 3.8) is 0 Å². The zero-order valence-electron chi connectivity index (χ0n) is 16.2. The van der Waals surface area contributed by atoms with Gasteiger partial charge in [-0.2, -0.15) is 5.21 Å². The molecule has 0 bridgehead atoms. The Hall–Kier alpha value is -3.43. The maximum Gasteiger partial charge on any atom is 0.408 e. The normalized spacial score (nSPS) is 12.6. The van der Waals surface area contributed by atoms with Gasteiger partial charge < -0.3 is 14.6 Å². The zero-order valence-corrected chi connectivity index (χ0v) is 16.2. The maximum absolute atomic E-state index is 12.7. The number of aryl methyl sites for hydroxylation is 1. The van der Waals surface area contributed by atoms with Gasteiger partial charge in [0.05, 0.1) is 0 Å². The number of para-hydroxylation sites is 1. The van der Waals surface area contributed by atoms with Crippen LogP contribution in [0.5, 0.6) is 0 Å². The number of nitrogens with zero attached hydrogens (tertiary/aromatic N) is 4. The van der Waals surface area contributed by atoms with E-state index in [9.17, 15) is 9.59 Å². The third-order valence-corrected chi connectivity index (χ3v) is 3.99. The summed E-state index contributed by atoms with van der Waals surface area (Å²) in [6.07, 6.45) is 1.53. The molecule has 0 fully saturated rings. The number of aromatic nitrogens is 5. The van der Waals surface area contributed by atoms with E-state index in [1.165, 1.54) is 0 Å². The van der Waals surface area contributed by atoms with Crippen molar-refractivity contribution in [3.8, 4) is 0 Å². The van der Waals surface area contributed by atoms with E-state index >= 15 is 0 Å². The molecule has 3 aromatic rings. The number of rotatable bonds is 5. The van der Waals surface area contributed by atoms with Gasteiger partial charge in [0.25, 0.3) is 5.95 Å². The minimum atomic E-state index is -0.890. The summed E-state index contributed by atoms with van der Waals surface area (Å²) in [4.78, 5) is 25.0. The van der Waals surface area contributed by atoms with Crippen LogP contribution in [-0.4, -0.2) is 48.8 Å². The molecule has 28 heavy (non-hydrogen) atoms. The van der Waals surface area contributed by atoms with E-state index in [1.807, 2.05) is 42.1 Å². The third kappa shape index (κ3) is 4.64. The van der Waals surface area contributed by atoms with Crippen LogP contribution in [0.25, 0.3) is 10.9 Å². The van der Waals surface area contributed by atoms with Crippen LogP contribution in [0.1, 0.15) is 26.3 Å². The largest absolute Gasteiger partial charge is 0.444 e. The number of carbonyl (C=O) groups excluding carboxylic acids is 2. The topological polar surface area (TPSA) is 127 Å². The molecule has 0 aliphatic rings. The van der Waals surface area contributed by atoms with Crippen molar-refractivity contribution in [1.29, 1.82) is 0 Å². The Morgan fingerprint density at radius 1 is 1.29 bits per heavy atom. The Kier molecular flexibility index (Phi) is 5.30. The molecule has 0 saturated heterocycles. The fourth-order valence-electron chi connectivity index (χ4n) is 2.88. The first kappa shape index (κ1) is 19.3. The van der Waals surface area contributed by atoms with Crippen LogP contribution in [0.15, 0.2) is 30.5 Å². The molecular formula is C18H23N7O3. The highest BCUT2D eigenvalue weighted by molar-refractivity contribution is 5.96. The molecule has 3 rings (SSSR count). The lowest BCUT2D eigenvalue weighted by atomic mass is 10.0. The number of H-pyrrole nitrogens is 1. The summed E-state index contributed by atoms with van der Waals surface area (Å²) in [5.74, 6) is -0.445. The van der Waals surface area contributed by atoms with Crippen molar-refractivity contribution in [1.82, 2.24) is 30.5 Å². The second kappa shape index (κ2) is 7.67. The summed E-state index contributed by atoms with van der Waals surface area (Å²) in [5.41, 5.74) is 1.27. The van der Waals surface area contributed by atoms with Crippen LogP contribution in [0, 0.1) is 0 Å². The van der Waals surface area contributed by atoms with Gasteiger partial charge in [0.2, 0.25) is 5.91 Å². The summed E-state index contributed by atoms with van der Waals surface area (Å²) in [6.45, 7) is 5.27. The van der Waals surface area contributed by atoms with Crippen molar-refractivity contribution in [2.24, 2.45) is 7.05 Å². The molecule has 3 N–H and O–H groups in total. The van der Waals surface area contributed by atoms with Gasteiger partial charge in [0.15, 0.2) is 0 Å². The van der Waals surface area contributed by atoms with E-state index in [1.54, 1.807) is 20.8 Å². The summed E-state index contributed by atoms with van der Waals surface area (Å²) in [7, 11) is 1.93. The van der Waals surface area contributed by atoms with Crippen molar-refractivity contribution in [3.05, 3.63) is 36.0 Å². The monoisotopic (exact) mass is 385 g/mol. The van der Waals surface area contributed by atoms with Crippen LogP contribution in [0.3, 0.4) is 0 Å². The minimum Gasteiger partial charge on any atom is -0.444 e. The van der Waals surface area contributed by atoms with E-state index in [0.717, 1.165) is 16.5 Å². The molecule has 1 aromatic carbocycles. The Morgan fingerprint density at radius 3 is 2.71 bits per heavy atom. The molecule has 0 unspecified atom stereocenters. The zero-order chi connectivity index (χ0) is 20.3. The molecule has 0 aliphatic carbocycles. The van der Waals surface area contributed by atoms with Gasteiger partial charge in [-0.15, -0.1) is 5.10 Å². The quantitative estimate of drug-likeness (QED) is 0.614. The number of ether oxygens (including phenoxy) is 1. The number of alkyl carbamates (subject to hydrolysis) is 1. The van der Waals surface area contributed by atoms with Crippen LogP contribution in [0.2, 0.25) is 0 Å². The van der Waals surface area contributed by atoms with Gasteiger partial charge in [-0.05, 0) is 37.6 Å². The predicted molar refractivity (Wildman–Crippen MR) is 103 cm³/mol. The van der Waals surface area contributed by atoms with Gasteiger partial charge in [-0.25, -0.2) is 4.79 Å². The number of benzene rings is 1. The summed E-state index contributed by atoms with van der Waals surface area (Å²) < 4.78 is 7.28. The van der Waals surface area contributed by atoms with E-state index in [0.29, 0.717) is 0 Å². The van der Waals surface area contributed by atoms with E-state index in [-0.39, 0.29) is 12.4 Å². The molecule has 0 saturated carbocycles. The standard InChI is InChI=1S/C18H23N7O3/c1-18(2,3)28-17(27)19-13(15(26)20-16-21-23-24-22-16)9-11-10-25(4)14-8-6-5-7-12(11)14/h5-8,10,13H,9H2,1-4H3,(H,19,27)(H2,20,21,22,23,24,26)/t13-/m0/s1. The van der Waals surface area contributed by atoms with Crippen LogP contribution in [-0.2, 0) is 23.0 Å². The molecule has 0 aliphatic heterocycles. The molecule has 2 amide bonds. The number of anilines is 1. The average Bonchev–Trinajstić information content (AvgIpc) is 3.21. The Morgan fingerprint density at radius 2 is 2.04 bits per heavy atom. The first-order chi connectivity index (χ1) is 13.2. The fourth-order valence-corrected chi connectivity index (χ4v) is 2.88. The van der Waals surface area contributed by atoms with Gasteiger partial charge in [-0.1, -0.05) is 23.3 Å². The second-order valence-corrected chi connectivity index (χ2v) is 7.41. The Balaban J connectivity index is 1.84. The Bertz CT molecular complexity index is 973. The van der Waals surface area contributed by atoms with E-state index in [2.05, 4.69) is 31.3 Å². The molecule has 148 valence electrons. The molecule has 10 nitrogen and oxygen atoms in total. The lowest BCUT2D eigenvalue weighted by Gasteiger charge is -2.23. The molecular weight excluding hydrogens is 362 g/mol. The first-order valence-electron chi connectivity index (χ1n) is 8.80. The van der Waals surface area contributed by atoms with Crippen molar-refractivity contribution >= 4 is 28.9 Å². The molecule has 10 heteroatoms. The number of tetrazole rings is 1. The maximum atomic E-state index is 12.7. The predicted octanol–water partition coefficient (Wildman–Crippen LogP) is 1.77. The second-order valence-electron chi connectivity index (χ2n) is 7.41. The SMILES string of the molecule is Cn1cc(C[C@H](NC(=O)OC(C)(C)C)C(=O)Nc2nn[nH]n2)c2ccccc21. The number of carbonyl (C=O) groups is 2. The number of aromatic amines is 1. The van der Waals surface area contributed by atoms with E-state index in [4.69, 9.17) is 4.74 Å². The molecule has 0 radical (unpaired) electrons. The minimum absolute atomic E-state index is 0.0268.